The largest absolute Gasteiger partial charge is 0.586 e. The van der Waals surface area contributed by atoms with Gasteiger partial charge in [0.15, 0.2) is 11.5 Å². The van der Waals surface area contributed by atoms with Crippen molar-refractivity contribution >= 4 is 11.6 Å². The summed E-state index contributed by atoms with van der Waals surface area (Å²) in [4.78, 5) is 13.6. The average molecular weight is 270 g/mol. The molecule has 3 rings (SSSR count). The van der Waals surface area contributed by atoms with Crippen molar-refractivity contribution in [2.24, 2.45) is 0 Å². The first-order valence-electron chi connectivity index (χ1n) is 5.89. The number of carbonyl (C=O) groups excluding carboxylic acids is 1. The van der Waals surface area contributed by atoms with Gasteiger partial charge in [0.05, 0.1) is 6.04 Å². The quantitative estimate of drug-likeness (QED) is 0.881. The highest BCUT2D eigenvalue weighted by atomic mass is 19.3. The Morgan fingerprint density at radius 3 is 2.79 bits per heavy atom. The van der Waals surface area contributed by atoms with E-state index in [4.69, 9.17) is 0 Å². The number of nitrogens with one attached hydrogen (secondary N) is 1. The zero-order chi connectivity index (χ0) is 13.6. The molecule has 2 heterocycles. The Morgan fingerprint density at radius 2 is 2.11 bits per heavy atom. The van der Waals surface area contributed by atoms with Gasteiger partial charge >= 0.3 is 6.29 Å². The molecule has 0 spiro atoms. The van der Waals surface area contributed by atoms with Crippen LogP contribution in [0.2, 0.25) is 0 Å². The van der Waals surface area contributed by atoms with E-state index in [1.54, 1.807) is 18.0 Å². The molecule has 1 aromatic carbocycles. The number of benzene rings is 1. The Kier molecular flexibility index (Phi) is 2.60. The maximum absolute atomic E-state index is 12.9. The molecular formula is C12H12F2N2O3. The van der Waals surface area contributed by atoms with Crippen molar-refractivity contribution in [3.63, 3.8) is 0 Å². The minimum Gasteiger partial charge on any atom is -0.395 e. The second kappa shape index (κ2) is 4.06. The summed E-state index contributed by atoms with van der Waals surface area (Å²) in [6.45, 7) is 0.542. The van der Waals surface area contributed by atoms with E-state index in [0.29, 0.717) is 18.7 Å². The first kappa shape index (κ1) is 12.2. The molecule has 0 radical (unpaired) electrons. The monoisotopic (exact) mass is 270 g/mol. The van der Waals surface area contributed by atoms with Gasteiger partial charge in [-0.05, 0) is 25.6 Å². The fourth-order valence-corrected chi connectivity index (χ4v) is 2.31. The molecule has 0 aliphatic carbocycles. The fourth-order valence-electron chi connectivity index (χ4n) is 2.31. The number of rotatable bonds is 2. The second-order valence-electron chi connectivity index (χ2n) is 4.42. The van der Waals surface area contributed by atoms with Crippen molar-refractivity contribution in [1.82, 2.24) is 5.32 Å². The minimum atomic E-state index is -3.64. The Labute approximate surface area is 108 Å². The highest BCUT2D eigenvalue weighted by molar-refractivity contribution is 5.99. The third kappa shape index (κ3) is 1.99. The smallest absolute Gasteiger partial charge is 0.395 e. The van der Waals surface area contributed by atoms with E-state index >= 15 is 0 Å². The Bertz CT molecular complexity index is 536. The number of carbonyl (C=O) groups is 1. The zero-order valence-electron chi connectivity index (χ0n) is 10.2. The van der Waals surface area contributed by atoms with E-state index in [2.05, 4.69) is 14.8 Å². The third-order valence-corrected chi connectivity index (χ3v) is 3.25. The maximum Gasteiger partial charge on any atom is 0.586 e. The lowest BCUT2D eigenvalue weighted by Gasteiger charge is -2.16. The lowest BCUT2D eigenvalue weighted by atomic mass is 10.2. The first-order valence-corrected chi connectivity index (χ1v) is 5.89. The van der Waals surface area contributed by atoms with Gasteiger partial charge in [-0.3, -0.25) is 4.79 Å². The Hall–Kier alpha value is -1.89. The normalized spacial score (nSPS) is 24.1. The molecule has 0 saturated carbocycles. The highest BCUT2D eigenvalue weighted by Gasteiger charge is 2.44. The molecule has 2 aliphatic rings. The van der Waals surface area contributed by atoms with Gasteiger partial charge in [0.1, 0.15) is 0 Å². The average Bonchev–Trinajstić information content (AvgIpc) is 2.86. The summed E-state index contributed by atoms with van der Waals surface area (Å²) < 4.78 is 34.5. The van der Waals surface area contributed by atoms with E-state index in [-0.39, 0.29) is 23.4 Å². The predicted molar refractivity (Wildman–Crippen MR) is 62.5 cm³/mol. The molecule has 5 nitrogen and oxygen atoms in total. The van der Waals surface area contributed by atoms with Crippen molar-refractivity contribution in [1.29, 1.82) is 0 Å². The molecule has 1 atom stereocenters. The maximum atomic E-state index is 12.9. The molecule has 1 amide bonds. The zero-order valence-corrected chi connectivity index (χ0v) is 10.2. The molecule has 102 valence electrons. The van der Waals surface area contributed by atoms with Crippen LogP contribution in [0.1, 0.15) is 6.42 Å². The molecular weight excluding hydrogens is 258 g/mol. The molecule has 19 heavy (non-hydrogen) atoms. The van der Waals surface area contributed by atoms with Gasteiger partial charge < -0.3 is 19.7 Å². The van der Waals surface area contributed by atoms with Crippen molar-refractivity contribution in [3.8, 4) is 11.5 Å². The van der Waals surface area contributed by atoms with E-state index in [1.165, 1.54) is 12.1 Å². The van der Waals surface area contributed by atoms with Crippen LogP contribution in [0.25, 0.3) is 0 Å². The molecule has 0 bridgehead atoms. The molecule has 1 saturated heterocycles. The van der Waals surface area contributed by atoms with E-state index in [9.17, 15) is 13.6 Å². The third-order valence-electron chi connectivity index (χ3n) is 3.25. The van der Waals surface area contributed by atoms with Crippen LogP contribution in [-0.2, 0) is 4.79 Å². The van der Waals surface area contributed by atoms with Crippen molar-refractivity contribution in [3.05, 3.63) is 18.2 Å². The Morgan fingerprint density at radius 1 is 1.37 bits per heavy atom. The lowest BCUT2D eigenvalue weighted by molar-refractivity contribution is -0.286. The van der Waals surface area contributed by atoms with Crippen LogP contribution in [0.3, 0.4) is 0 Å². The van der Waals surface area contributed by atoms with Crippen molar-refractivity contribution in [2.45, 2.75) is 18.8 Å². The van der Waals surface area contributed by atoms with Gasteiger partial charge in [0, 0.05) is 18.3 Å². The first-order chi connectivity index (χ1) is 9.00. The number of amides is 1. The summed E-state index contributed by atoms with van der Waals surface area (Å²) in [7, 11) is 1.71. The predicted octanol–water partition coefficient (Wildman–Crippen LogP) is 1.33. The van der Waals surface area contributed by atoms with Crippen molar-refractivity contribution in [2.75, 3.05) is 18.5 Å². The van der Waals surface area contributed by atoms with Crippen LogP contribution in [0.15, 0.2) is 18.2 Å². The van der Waals surface area contributed by atoms with Crippen LogP contribution in [0.5, 0.6) is 11.5 Å². The lowest BCUT2D eigenvalue weighted by Crippen LogP contribution is -2.36. The van der Waals surface area contributed by atoms with Crippen LogP contribution in [0, 0.1) is 0 Å². The number of nitrogens with zero attached hydrogens (tertiary/aromatic N) is 1. The van der Waals surface area contributed by atoms with Crippen LogP contribution in [-0.4, -0.2) is 31.8 Å². The molecule has 0 aromatic heterocycles. The topological polar surface area (TPSA) is 50.8 Å². The standard InChI is InChI=1S/C12H12F2N2O3/c1-15-8-4-5-16(11(8)17)7-2-3-9-10(6-7)19-12(13,14)18-9/h2-3,6,8,15H,4-5H2,1H3. The molecule has 1 N–H and O–H groups in total. The Balaban J connectivity index is 1.87. The van der Waals surface area contributed by atoms with Gasteiger partial charge in [-0.2, -0.15) is 0 Å². The molecule has 2 aliphatic heterocycles. The summed E-state index contributed by atoms with van der Waals surface area (Å²) in [6, 6.07) is 4.11. The van der Waals surface area contributed by atoms with Gasteiger partial charge in [-0.15, -0.1) is 8.78 Å². The summed E-state index contributed by atoms with van der Waals surface area (Å²) in [5.74, 6) is -0.151. The SMILES string of the molecule is CNC1CCN(c2ccc3c(c2)OC(F)(F)O3)C1=O. The second-order valence-corrected chi connectivity index (χ2v) is 4.42. The number of anilines is 1. The molecule has 1 unspecified atom stereocenters. The number of halogens is 2. The van der Waals surface area contributed by atoms with Gasteiger partial charge in [0.25, 0.3) is 0 Å². The summed E-state index contributed by atoms with van der Waals surface area (Å²) in [5, 5.41) is 2.91. The van der Waals surface area contributed by atoms with Gasteiger partial charge in [-0.25, -0.2) is 0 Å². The highest BCUT2D eigenvalue weighted by Crippen LogP contribution is 2.43. The number of fused-ring (bicyclic) bond motifs is 1. The molecule has 1 fully saturated rings. The summed E-state index contributed by atoms with van der Waals surface area (Å²) in [6.07, 6.45) is -2.95. The van der Waals surface area contributed by atoms with Gasteiger partial charge in [0.2, 0.25) is 5.91 Å². The summed E-state index contributed by atoms with van der Waals surface area (Å²) >= 11 is 0. The number of hydrogen-bond donors (Lipinski definition) is 1. The number of likely N-dealkylation sites (N-methyl/N-ethyl adjacent to an activating group) is 1. The minimum absolute atomic E-state index is 0.0226. The number of alkyl halides is 2. The molecule has 1 aromatic rings. The summed E-state index contributed by atoms with van der Waals surface area (Å²) in [5.41, 5.74) is 0.530. The molecule has 7 heteroatoms. The van der Waals surface area contributed by atoms with Crippen LogP contribution < -0.4 is 19.7 Å². The van der Waals surface area contributed by atoms with Crippen LogP contribution >= 0.6 is 0 Å². The number of ether oxygens (including phenoxy) is 2. The van der Waals surface area contributed by atoms with Crippen molar-refractivity contribution < 1.29 is 23.0 Å². The van der Waals surface area contributed by atoms with E-state index < -0.39 is 6.29 Å². The fraction of sp³-hybridized carbons (Fsp3) is 0.417. The number of hydrogen-bond acceptors (Lipinski definition) is 4. The van der Waals surface area contributed by atoms with Gasteiger partial charge in [-0.1, -0.05) is 0 Å². The van der Waals surface area contributed by atoms with E-state index in [0.717, 1.165) is 0 Å². The van der Waals surface area contributed by atoms with Crippen LogP contribution in [0.4, 0.5) is 14.5 Å². The van der Waals surface area contributed by atoms with E-state index in [1.807, 2.05) is 0 Å².